The lowest BCUT2D eigenvalue weighted by atomic mass is 10.0. The molecule has 0 aromatic carbocycles. The van der Waals surface area contributed by atoms with Crippen LogP contribution in [0.25, 0.3) is 33.3 Å². The zero-order valence-electron chi connectivity index (χ0n) is 23.5. The Labute approximate surface area is 238 Å². The Balaban J connectivity index is 1.66. The Morgan fingerprint density at radius 3 is 2.66 bits per heavy atom. The van der Waals surface area contributed by atoms with Crippen LogP contribution in [-0.4, -0.2) is 63.0 Å². The van der Waals surface area contributed by atoms with Crippen LogP contribution in [-0.2, 0) is 21.1 Å². The molecule has 3 N–H and O–H groups in total. The van der Waals surface area contributed by atoms with Gasteiger partial charge in [0.05, 0.1) is 11.9 Å². The first-order valence-corrected chi connectivity index (χ1v) is 13.3. The van der Waals surface area contributed by atoms with Crippen LogP contribution in [0.4, 0.5) is 10.1 Å². The highest BCUT2D eigenvalue weighted by Gasteiger charge is 2.22. The standard InChI is InChI=1S/C30H34FN7O3/c1-5-19(2)28(32)30(40)41-18-38-17-25(20-8-9-34-26(31)13-20)24-12-22(15-35-29(24)38)21-11-23(16-33-14-21)36-27(39)7-6-10-37(3)4/h6-9,11-17,19,28H,5,10,18,32H2,1-4H3,(H,36,39)/b7-6+. The summed E-state index contributed by atoms with van der Waals surface area (Å²) in [6, 6.07) is 5.99. The largest absolute Gasteiger partial charge is 0.443 e. The van der Waals surface area contributed by atoms with Gasteiger partial charge in [0, 0.05) is 65.6 Å². The number of halogens is 1. The van der Waals surface area contributed by atoms with Gasteiger partial charge in [-0.3, -0.25) is 19.1 Å². The molecular weight excluding hydrogens is 525 g/mol. The van der Waals surface area contributed by atoms with Crippen molar-refractivity contribution in [3.05, 3.63) is 73.3 Å². The maximum atomic E-state index is 14.1. The fourth-order valence-electron chi connectivity index (χ4n) is 4.16. The van der Waals surface area contributed by atoms with Crippen LogP contribution < -0.4 is 11.1 Å². The van der Waals surface area contributed by atoms with E-state index in [1.807, 2.05) is 38.9 Å². The van der Waals surface area contributed by atoms with Crippen molar-refractivity contribution in [2.75, 3.05) is 26.0 Å². The molecule has 4 rings (SSSR count). The average Bonchev–Trinajstić information content (AvgIpc) is 3.32. The SMILES string of the molecule is CCC(C)C(N)C(=O)OCn1cc(-c2ccnc(F)c2)c2cc(-c3cncc(NC(=O)/C=C/CN(C)C)c3)cnc21. The molecule has 0 spiro atoms. The van der Waals surface area contributed by atoms with E-state index < -0.39 is 18.0 Å². The van der Waals surface area contributed by atoms with E-state index in [1.54, 1.807) is 47.6 Å². The van der Waals surface area contributed by atoms with Gasteiger partial charge in [-0.05, 0) is 43.8 Å². The number of ether oxygens (including phenoxy) is 1. The molecule has 0 aliphatic heterocycles. The van der Waals surface area contributed by atoms with E-state index in [0.717, 1.165) is 17.5 Å². The molecule has 10 nitrogen and oxygen atoms in total. The van der Waals surface area contributed by atoms with Crippen molar-refractivity contribution in [2.24, 2.45) is 11.7 Å². The van der Waals surface area contributed by atoms with Crippen molar-refractivity contribution in [3.63, 3.8) is 0 Å². The lowest BCUT2D eigenvalue weighted by Crippen LogP contribution is -2.38. The molecule has 0 saturated carbocycles. The third-order valence-electron chi connectivity index (χ3n) is 6.71. The van der Waals surface area contributed by atoms with E-state index in [2.05, 4.69) is 20.3 Å². The van der Waals surface area contributed by atoms with Gasteiger partial charge in [-0.25, -0.2) is 9.97 Å². The second-order valence-corrected chi connectivity index (χ2v) is 10.1. The third-order valence-corrected chi connectivity index (χ3v) is 6.71. The first-order chi connectivity index (χ1) is 19.7. The van der Waals surface area contributed by atoms with Crippen LogP contribution in [0, 0.1) is 11.9 Å². The quantitative estimate of drug-likeness (QED) is 0.159. The summed E-state index contributed by atoms with van der Waals surface area (Å²) in [4.78, 5) is 39.4. The summed E-state index contributed by atoms with van der Waals surface area (Å²) < 4.78 is 21.3. The molecule has 1 amide bonds. The molecule has 2 atom stereocenters. The summed E-state index contributed by atoms with van der Waals surface area (Å²) in [6.07, 6.45) is 12.0. The van der Waals surface area contributed by atoms with Gasteiger partial charge >= 0.3 is 5.97 Å². The number of nitrogens with zero attached hydrogens (tertiary/aromatic N) is 5. The number of likely N-dealkylation sites (N-methyl/N-ethyl adjacent to an activating group) is 1. The molecule has 4 aromatic heterocycles. The van der Waals surface area contributed by atoms with Gasteiger partial charge in [0.25, 0.3) is 0 Å². The number of esters is 1. The monoisotopic (exact) mass is 559 g/mol. The van der Waals surface area contributed by atoms with E-state index in [9.17, 15) is 14.0 Å². The number of nitrogens with two attached hydrogens (primary N) is 1. The highest BCUT2D eigenvalue weighted by Crippen LogP contribution is 2.33. The summed E-state index contributed by atoms with van der Waals surface area (Å²) in [5.41, 5.74) is 9.83. The first kappa shape index (κ1) is 29.5. The van der Waals surface area contributed by atoms with Crippen LogP contribution in [0.1, 0.15) is 20.3 Å². The highest BCUT2D eigenvalue weighted by molar-refractivity contribution is 6.00. The minimum absolute atomic E-state index is 0.0248. The molecule has 11 heteroatoms. The zero-order valence-corrected chi connectivity index (χ0v) is 23.5. The third kappa shape index (κ3) is 7.38. The maximum Gasteiger partial charge on any atom is 0.324 e. The van der Waals surface area contributed by atoms with E-state index in [1.165, 1.54) is 18.3 Å². The number of carbonyl (C=O) groups excluding carboxylic acids is 2. The number of pyridine rings is 3. The molecule has 0 radical (unpaired) electrons. The molecule has 4 heterocycles. The van der Waals surface area contributed by atoms with Gasteiger partial charge in [0.1, 0.15) is 11.7 Å². The molecule has 0 fully saturated rings. The van der Waals surface area contributed by atoms with Crippen LogP contribution in [0.3, 0.4) is 0 Å². The molecule has 214 valence electrons. The highest BCUT2D eigenvalue weighted by atomic mass is 19.1. The molecule has 2 unspecified atom stereocenters. The number of hydrogen-bond acceptors (Lipinski definition) is 8. The normalized spacial score (nSPS) is 13.0. The fourth-order valence-corrected chi connectivity index (χ4v) is 4.16. The number of aromatic nitrogens is 4. The lowest BCUT2D eigenvalue weighted by Gasteiger charge is -2.17. The Morgan fingerprint density at radius 2 is 1.93 bits per heavy atom. The summed E-state index contributed by atoms with van der Waals surface area (Å²) >= 11 is 0. The van der Waals surface area contributed by atoms with E-state index in [0.29, 0.717) is 34.4 Å². The minimum atomic E-state index is -0.737. The summed E-state index contributed by atoms with van der Waals surface area (Å²) in [7, 11) is 3.84. The molecular formula is C30H34FN7O3. The molecule has 0 aliphatic carbocycles. The predicted molar refractivity (Wildman–Crippen MR) is 156 cm³/mol. The smallest absolute Gasteiger partial charge is 0.324 e. The first-order valence-electron chi connectivity index (χ1n) is 13.3. The van der Waals surface area contributed by atoms with Crippen molar-refractivity contribution >= 4 is 28.6 Å². The molecule has 0 bridgehead atoms. The minimum Gasteiger partial charge on any atom is -0.443 e. The second-order valence-electron chi connectivity index (χ2n) is 10.1. The van der Waals surface area contributed by atoms with Gasteiger partial charge in [0.2, 0.25) is 11.9 Å². The van der Waals surface area contributed by atoms with Gasteiger partial charge < -0.3 is 20.7 Å². The maximum absolute atomic E-state index is 14.1. The Kier molecular flexibility index (Phi) is 9.53. The zero-order chi connectivity index (χ0) is 29.5. The van der Waals surface area contributed by atoms with Crippen molar-refractivity contribution in [2.45, 2.75) is 33.0 Å². The second kappa shape index (κ2) is 13.2. The van der Waals surface area contributed by atoms with Gasteiger partial charge in [-0.2, -0.15) is 4.39 Å². The Hall–Kier alpha value is -4.48. The average molecular weight is 560 g/mol. The Morgan fingerprint density at radius 1 is 1.15 bits per heavy atom. The van der Waals surface area contributed by atoms with Crippen molar-refractivity contribution in [1.29, 1.82) is 0 Å². The van der Waals surface area contributed by atoms with Crippen LogP contribution in [0.5, 0.6) is 0 Å². The molecule has 4 aromatic rings. The number of rotatable bonds is 11. The predicted octanol–water partition coefficient (Wildman–Crippen LogP) is 4.23. The number of nitrogens with one attached hydrogen (secondary N) is 1. The van der Waals surface area contributed by atoms with Crippen molar-refractivity contribution in [1.82, 2.24) is 24.4 Å². The lowest BCUT2D eigenvalue weighted by molar-refractivity contribution is -0.150. The van der Waals surface area contributed by atoms with Crippen LogP contribution >= 0.6 is 0 Å². The van der Waals surface area contributed by atoms with Gasteiger partial charge in [0.15, 0.2) is 6.73 Å². The molecule has 41 heavy (non-hydrogen) atoms. The number of fused-ring (bicyclic) bond motifs is 1. The van der Waals surface area contributed by atoms with Crippen molar-refractivity contribution in [3.8, 4) is 22.3 Å². The van der Waals surface area contributed by atoms with Crippen molar-refractivity contribution < 1.29 is 18.7 Å². The topological polar surface area (TPSA) is 128 Å². The molecule has 0 aliphatic rings. The summed E-state index contributed by atoms with van der Waals surface area (Å²) in [5, 5.41) is 3.53. The van der Waals surface area contributed by atoms with E-state index >= 15 is 0 Å². The number of amides is 1. The number of anilines is 1. The van der Waals surface area contributed by atoms with Crippen LogP contribution in [0.2, 0.25) is 0 Å². The fraction of sp³-hybridized carbons (Fsp3) is 0.300. The Bertz CT molecular complexity index is 1570. The van der Waals surface area contributed by atoms with Gasteiger partial charge in [-0.15, -0.1) is 0 Å². The number of carbonyl (C=O) groups is 2. The van der Waals surface area contributed by atoms with E-state index in [4.69, 9.17) is 10.5 Å². The summed E-state index contributed by atoms with van der Waals surface area (Å²) in [5.74, 6) is -1.41. The van der Waals surface area contributed by atoms with E-state index in [-0.39, 0.29) is 18.6 Å². The van der Waals surface area contributed by atoms with Crippen LogP contribution in [0.15, 0.2) is 67.4 Å². The van der Waals surface area contributed by atoms with Gasteiger partial charge in [-0.1, -0.05) is 26.3 Å². The molecule has 0 saturated heterocycles. The summed E-state index contributed by atoms with van der Waals surface area (Å²) in [6.45, 7) is 4.39. The number of hydrogen-bond donors (Lipinski definition) is 2.